The zero-order valence-electron chi connectivity index (χ0n) is 6.39. The number of nitrogens with zero attached hydrogens (tertiary/aromatic N) is 1. The summed E-state index contributed by atoms with van der Waals surface area (Å²) in [5.41, 5.74) is 1.22. The van der Waals surface area contributed by atoms with Crippen LogP contribution in [-0.4, -0.2) is 0 Å². The van der Waals surface area contributed by atoms with Crippen LogP contribution in [0, 0.1) is 13.5 Å². The first-order valence-corrected chi connectivity index (χ1v) is 4.94. The highest BCUT2D eigenvalue weighted by Gasteiger charge is 2.15. The van der Waals surface area contributed by atoms with Crippen LogP contribution in [0.4, 0.5) is 0 Å². The lowest BCUT2D eigenvalue weighted by molar-refractivity contribution is 0.982. The van der Waals surface area contributed by atoms with Gasteiger partial charge in [-0.3, -0.25) is 0 Å². The Hall–Kier alpha value is -0.330. The van der Waals surface area contributed by atoms with Crippen molar-refractivity contribution >= 4 is 27.3 Å². The van der Waals surface area contributed by atoms with Crippen molar-refractivity contribution in [2.24, 2.45) is 0 Å². The second-order valence-corrected chi connectivity index (χ2v) is 4.11. The smallest absolute Gasteiger partial charge is 0.256 e. The van der Waals surface area contributed by atoms with Crippen molar-refractivity contribution < 1.29 is 0 Å². The van der Waals surface area contributed by atoms with Crippen molar-refractivity contribution in [3.8, 4) is 0 Å². The average molecular weight is 230 g/mol. The van der Waals surface area contributed by atoms with Crippen molar-refractivity contribution in [3.05, 3.63) is 31.7 Å². The highest BCUT2D eigenvalue weighted by molar-refractivity contribution is 9.10. The fourth-order valence-corrected chi connectivity index (χ4v) is 2.60. The monoisotopic (exact) mass is 229 g/mol. The third kappa shape index (κ3) is 1.63. The van der Waals surface area contributed by atoms with Crippen LogP contribution in [0.3, 0.4) is 0 Å². The standard InChI is InChI=1S/C8H8BrNS/c1-5-4-11-8(7(5)9)6(2)10-3/h4,6H,1-2H3. The summed E-state index contributed by atoms with van der Waals surface area (Å²) in [6.45, 7) is 10.8. The molecule has 1 atom stereocenters. The molecule has 0 amide bonds. The second-order valence-electron chi connectivity index (χ2n) is 2.40. The molecule has 1 nitrogen and oxygen atoms in total. The van der Waals surface area contributed by atoms with Crippen molar-refractivity contribution in [1.82, 2.24) is 0 Å². The molecular weight excluding hydrogens is 222 g/mol. The molecule has 11 heavy (non-hydrogen) atoms. The minimum absolute atomic E-state index is 0.0110. The summed E-state index contributed by atoms with van der Waals surface area (Å²) < 4.78 is 1.10. The normalized spacial score (nSPS) is 12.5. The number of hydrogen-bond donors (Lipinski definition) is 0. The summed E-state index contributed by atoms with van der Waals surface area (Å²) in [6.07, 6.45) is 0. The van der Waals surface area contributed by atoms with Crippen LogP contribution in [0.15, 0.2) is 9.85 Å². The Labute approximate surface area is 79.0 Å². The van der Waals surface area contributed by atoms with Crippen LogP contribution in [-0.2, 0) is 0 Å². The van der Waals surface area contributed by atoms with E-state index < -0.39 is 0 Å². The maximum Gasteiger partial charge on any atom is 0.256 e. The van der Waals surface area contributed by atoms with E-state index in [2.05, 4.69) is 26.2 Å². The second kappa shape index (κ2) is 3.38. The lowest BCUT2D eigenvalue weighted by Gasteiger charge is -1.95. The molecule has 58 valence electrons. The summed E-state index contributed by atoms with van der Waals surface area (Å²) in [4.78, 5) is 4.60. The molecule has 0 spiro atoms. The fourth-order valence-electron chi connectivity index (χ4n) is 0.790. The van der Waals surface area contributed by atoms with E-state index in [-0.39, 0.29) is 6.04 Å². The lowest BCUT2D eigenvalue weighted by atomic mass is 10.2. The van der Waals surface area contributed by atoms with Gasteiger partial charge in [0.2, 0.25) is 0 Å². The third-order valence-electron chi connectivity index (χ3n) is 1.50. The van der Waals surface area contributed by atoms with E-state index in [1.165, 1.54) is 5.56 Å². The van der Waals surface area contributed by atoms with Crippen LogP contribution >= 0.6 is 27.3 Å². The van der Waals surface area contributed by atoms with E-state index >= 15 is 0 Å². The Morgan fingerprint density at radius 2 is 2.36 bits per heavy atom. The number of thiophene rings is 1. The van der Waals surface area contributed by atoms with Gasteiger partial charge in [0.15, 0.2) is 0 Å². The number of hydrogen-bond acceptors (Lipinski definition) is 1. The first-order chi connectivity index (χ1) is 5.16. The molecule has 1 heterocycles. The fraction of sp³-hybridized carbons (Fsp3) is 0.375. The van der Waals surface area contributed by atoms with E-state index in [1.807, 2.05) is 13.8 Å². The van der Waals surface area contributed by atoms with Crippen LogP contribution < -0.4 is 0 Å². The summed E-state index contributed by atoms with van der Waals surface area (Å²) in [5.74, 6) is 0. The summed E-state index contributed by atoms with van der Waals surface area (Å²) >= 11 is 5.11. The maximum atomic E-state index is 6.86. The maximum absolute atomic E-state index is 6.86. The molecular formula is C8H8BrNS. The Balaban J connectivity index is 3.07. The summed E-state index contributed by atoms with van der Waals surface area (Å²) in [5, 5.41) is 2.07. The molecule has 0 saturated carbocycles. The molecule has 0 N–H and O–H groups in total. The van der Waals surface area contributed by atoms with Crippen LogP contribution in [0.2, 0.25) is 0 Å². The molecule has 0 aliphatic carbocycles. The van der Waals surface area contributed by atoms with Gasteiger partial charge in [-0.2, -0.15) is 0 Å². The van der Waals surface area contributed by atoms with E-state index in [1.54, 1.807) is 11.3 Å². The molecule has 0 bridgehead atoms. The van der Waals surface area contributed by atoms with E-state index in [0.29, 0.717) is 0 Å². The van der Waals surface area contributed by atoms with Gasteiger partial charge in [-0.15, -0.1) is 11.3 Å². The highest BCUT2D eigenvalue weighted by atomic mass is 79.9. The zero-order chi connectivity index (χ0) is 8.43. The Bertz CT molecular complexity index is 298. The average Bonchev–Trinajstić information content (AvgIpc) is 2.32. The number of halogens is 1. The van der Waals surface area contributed by atoms with Crippen LogP contribution in [0.1, 0.15) is 23.4 Å². The summed E-state index contributed by atoms with van der Waals surface area (Å²) in [7, 11) is 0. The molecule has 1 rings (SSSR count). The quantitative estimate of drug-likeness (QED) is 0.646. The summed E-state index contributed by atoms with van der Waals surface area (Å²) in [6, 6.07) is -0.0110. The van der Waals surface area contributed by atoms with Crippen LogP contribution in [0.25, 0.3) is 4.85 Å². The molecule has 1 aromatic rings. The van der Waals surface area contributed by atoms with Gasteiger partial charge in [-0.05, 0) is 33.8 Å². The first-order valence-electron chi connectivity index (χ1n) is 3.27. The Morgan fingerprint density at radius 3 is 2.73 bits per heavy atom. The van der Waals surface area contributed by atoms with Crippen molar-refractivity contribution in [3.63, 3.8) is 0 Å². The predicted molar refractivity (Wildman–Crippen MR) is 51.8 cm³/mol. The minimum atomic E-state index is -0.0110. The number of rotatable bonds is 1. The Kier molecular flexibility index (Phi) is 2.69. The van der Waals surface area contributed by atoms with Gasteiger partial charge in [0, 0.05) is 11.4 Å². The minimum Gasteiger partial charge on any atom is -0.308 e. The largest absolute Gasteiger partial charge is 0.308 e. The lowest BCUT2D eigenvalue weighted by Crippen LogP contribution is -1.81. The van der Waals surface area contributed by atoms with E-state index in [9.17, 15) is 0 Å². The SMILES string of the molecule is [C-]#[N+]C(C)c1scc(C)c1Br. The van der Waals surface area contributed by atoms with Gasteiger partial charge in [0.05, 0.1) is 0 Å². The molecule has 0 aliphatic heterocycles. The van der Waals surface area contributed by atoms with Gasteiger partial charge in [0.25, 0.3) is 6.04 Å². The van der Waals surface area contributed by atoms with Gasteiger partial charge >= 0.3 is 0 Å². The number of aryl methyl sites for hydroxylation is 1. The van der Waals surface area contributed by atoms with Crippen molar-refractivity contribution in [1.29, 1.82) is 0 Å². The van der Waals surface area contributed by atoms with Gasteiger partial charge < -0.3 is 4.85 Å². The molecule has 0 aromatic carbocycles. The first kappa shape index (κ1) is 8.76. The van der Waals surface area contributed by atoms with Gasteiger partial charge in [-0.25, -0.2) is 6.57 Å². The third-order valence-corrected chi connectivity index (χ3v) is 4.08. The molecule has 3 heteroatoms. The predicted octanol–water partition coefficient (Wildman–Crippen LogP) is 3.80. The zero-order valence-corrected chi connectivity index (χ0v) is 8.79. The Morgan fingerprint density at radius 1 is 1.73 bits per heavy atom. The van der Waals surface area contributed by atoms with Gasteiger partial charge in [-0.1, -0.05) is 0 Å². The van der Waals surface area contributed by atoms with Gasteiger partial charge in [0.1, 0.15) is 4.88 Å². The van der Waals surface area contributed by atoms with Crippen molar-refractivity contribution in [2.75, 3.05) is 0 Å². The molecule has 0 saturated heterocycles. The molecule has 1 aromatic heterocycles. The van der Waals surface area contributed by atoms with E-state index in [0.717, 1.165) is 9.35 Å². The van der Waals surface area contributed by atoms with Crippen molar-refractivity contribution in [2.45, 2.75) is 19.9 Å². The molecule has 0 radical (unpaired) electrons. The highest BCUT2D eigenvalue weighted by Crippen LogP contribution is 2.34. The van der Waals surface area contributed by atoms with Crippen LogP contribution in [0.5, 0.6) is 0 Å². The van der Waals surface area contributed by atoms with E-state index in [4.69, 9.17) is 6.57 Å². The molecule has 0 fully saturated rings. The molecule has 0 aliphatic rings. The topological polar surface area (TPSA) is 4.36 Å². The molecule has 1 unspecified atom stereocenters.